The van der Waals surface area contributed by atoms with Gasteiger partial charge in [0.1, 0.15) is 9.21 Å². The van der Waals surface area contributed by atoms with E-state index in [0.29, 0.717) is 0 Å². The van der Waals surface area contributed by atoms with Gasteiger partial charge in [-0.15, -0.1) is 0 Å². The number of nitrogens with zero attached hydrogens (tertiary/aromatic N) is 4. The Morgan fingerprint density at radius 1 is 1.29 bits per heavy atom. The van der Waals surface area contributed by atoms with Gasteiger partial charge in [0, 0.05) is 18.5 Å². The molecule has 0 aliphatic carbocycles. The van der Waals surface area contributed by atoms with Crippen molar-refractivity contribution in [1.82, 2.24) is 19.6 Å². The molecule has 2 rings (SSSR count). The molecule has 0 radical (unpaired) electrons. The van der Waals surface area contributed by atoms with Gasteiger partial charge >= 0.3 is 0 Å². The number of aromatic nitrogens is 4. The summed E-state index contributed by atoms with van der Waals surface area (Å²) >= 11 is 6.74. The molecule has 2 heterocycles. The van der Waals surface area contributed by atoms with Crippen LogP contribution in [0.3, 0.4) is 0 Å². The van der Waals surface area contributed by atoms with E-state index >= 15 is 0 Å². The molecule has 0 unspecified atom stereocenters. The third-order valence-corrected chi connectivity index (χ3v) is 2.83. The normalized spacial score (nSPS) is 10.7. The highest BCUT2D eigenvalue weighted by atomic mass is 79.9. The molecule has 2 aromatic rings. The van der Waals surface area contributed by atoms with Crippen LogP contribution >= 0.6 is 31.9 Å². The lowest BCUT2D eigenvalue weighted by Crippen LogP contribution is -2.09. The van der Waals surface area contributed by atoms with Crippen LogP contribution in [0.15, 0.2) is 33.7 Å². The van der Waals surface area contributed by atoms with Gasteiger partial charge in [-0.2, -0.15) is 10.2 Å². The summed E-state index contributed by atoms with van der Waals surface area (Å²) in [5.74, 6) is 0. The van der Waals surface area contributed by atoms with Crippen molar-refractivity contribution in [3.05, 3.63) is 33.7 Å². The van der Waals surface area contributed by atoms with Crippen molar-refractivity contribution < 1.29 is 0 Å². The number of rotatable bonds is 3. The summed E-state index contributed by atoms with van der Waals surface area (Å²) < 4.78 is 5.56. The fraction of sp³-hybridized carbons (Fsp3) is 0.250. The first-order valence-electron chi connectivity index (χ1n) is 4.12. The number of hydrogen-bond donors (Lipinski definition) is 0. The average Bonchev–Trinajstić information content (AvgIpc) is 2.72. The maximum absolute atomic E-state index is 4.26. The van der Waals surface area contributed by atoms with Crippen LogP contribution in [-0.4, -0.2) is 19.6 Å². The average molecular weight is 320 g/mol. The Hall–Kier alpha value is -0.620. The van der Waals surface area contributed by atoms with E-state index in [1.807, 2.05) is 27.7 Å². The van der Waals surface area contributed by atoms with Crippen molar-refractivity contribution >= 4 is 31.9 Å². The molecule has 0 spiro atoms. The molecule has 14 heavy (non-hydrogen) atoms. The minimum atomic E-state index is 0.799. The Balaban J connectivity index is 2.01. The standard InChI is InChI=1S/C8H8Br2N4/c9-7-6-8(10)14(12-7)5-4-13-3-1-2-11-13/h1-3,6H,4-5H2. The molecule has 0 fully saturated rings. The number of halogens is 2. The Morgan fingerprint density at radius 2 is 2.14 bits per heavy atom. The van der Waals surface area contributed by atoms with Gasteiger partial charge in [0.2, 0.25) is 0 Å². The topological polar surface area (TPSA) is 35.6 Å². The van der Waals surface area contributed by atoms with Gasteiger partial charge < -0.3 is 0 Å². The first kappa shape index (κ1) is 9.92. The molecular weight excluding hydrogens is 312 g/mol. The van der Waals surface area contributed by atoms with E-state index in [4.69, 9.17) is 0 Å². The van der Waals surface area contributed by atoms with Crippen molar-refractivity contribution in [1.29, 1.82) is 0 Å². The van der Waals surface area contributed by atoms with Crippen LogP contribution in [0.25, 0.3) is 0 Å². The zero-order chi connectivity index (χ0) is 9.97. The second-order valence-corrected chi connectivity index (χ2v) is 4.41. The predicted molar refractivity (Wildman–Crippen MR) is 59.9 cm³/mol. The highest BCUT2D eigenvalue weighted by molar-refractivity contribution is 9.11. The van der Waals surface area contributed by atoms with E-state index in [1.165, 1.54) is 0 Å². The summed E-state index contributed by atoms with van der Waals surface area (Å²) in [6, 6.07) is 3.83. The molecule has 0 N–H and O–H groups in total. The Bertz CT molecular complexity index is 407. The molecule has 0 aliphatic heterocycles. The van der Waals surface area contributed by atoms with E-state index in [1.54, 1.807) is 6.20 Å². The van der Waals surface area contributed by atoms with Crippen LogP contribution in [0.5, 0.6) is 0 Å². The van der Waals surface area contributed by atoms with Crippen LogP contribution < -0.4 is 0 Å². The third-order valence-electron chi connectivity index (χ3n) is 1.80. The Labute approximate surface area is 98.2 Å². The van der Waals surface area contributed by atoms with Crippen molar-refractivity contribution in [3.63, 3.8) is 0 Å². The maximum atomic E-state index is 4.26. The summed E-state index contributed by atoms with van der Waals surface area (Å²) in [5, 5.41) is 8.37. The third kappa shape index (κ3) is 2.24. The second-order valence-electron chi connectivity index (χ2n) is 2.78. The first-order chi connectivity index (χ1) is 6.75. The molecule has 4 nitrogen and oxygen atoms in total. The summed E-state index contributed by atoms with van der Waals surface area (Å²) in [7, 11) is 0. The van der Waals surface area contributed by atoms with Crippen LogP contribution in [0.4, 0.5) is 0 Å². The van der Waals surface area contributed by atoms with Crippen molar-refractivity contribution in [2.45, 2.75) is 13.1 Å². The Morgan fingerprint density at radius 3 is 2.71 bits per heavy atom. The van der Waals surface area contributed by atoms with Crippen LogP contribution in [-0.2, 0) is 13.1 Å². The van der Waals surface area contributed by atoms with Crippen molar-refractivity contribution in [2.75, 3.05) is 0 Å². The van der Waals surface area contributed by atoms with Gasteiger partial charge in [-0.1, -0.05) is 0 Å². The van der Waals surface area contributed by atoms with E-state index in [9.17, 15) is 0 Å². The van der Waals surface area contributed by atoms with Gasteiger partial charge in [-0.3, -0.25) is 9.36 Å². The lowest BCUT2D eigenvalue weighted by atomic mass is 10.6. The fourth-order valence-corrected chi connectivity index (χ4v) is 2.34. The summed E-state index contributed by atoms with van der Waals surface area (Å²) in [5.41, 5.74) is 0. The molecule has 6 heteroatoms. The largest absolute Gasteiger partial charge is 0.271 e. The zero-order valence-corrected chi connectivity index (χ0v) is 10.4. The van der Waals surface area contributed by atoms with Crippen LogP contribution in [0.1, 0.15) is 0 Å². The molecule has 74 valence electrons. The molecule has 0 saturated carbocycles. The number of hydrogen-bond acceptors (Lipinski definition) is 2. The van der Waals surface area contributed by atoms with Gasteiger partial charge in [0.05, 0.1) is 13.1 Å². The first-order valence-corrected chi connectivity index (χ1v) is 5.70. The SMILES string of the molecule is Brc1cc(Br)n(CCn2cccn2)n1. The van der Waals surface area contributed by atoms with Crippen molar-refractivity contribution in [2.24, 2.45) is 0 Å². The molecule has 0 aromatic carbocycles. The van der Waals surface area contributed by atoms with E-state index in [-0.39, 0.29) is 0 Å². The lowest BCUT2D eigenvalue weighted by Gasteiger charge is -2.02. The zero-order valence-electron chi connectivity index (χ0n) is 7.27. The molecule has 2 aromatic heterocycles. The Kier molecular flexibility index (Phi) is 3.02. The monoisotopic (exact) mass is 318 g/mol. The van der Waals surface area contributed by atoms with Gasteiger partial charge in [-0.05, 0) is 37.9 Å². The highest BCUT2D eigenvalue weighted by Crippen LogP contribution is 2.16. The highest BCUT2D eigenvalue weighted by Gasteiger charge is 2.02. The number of aryl methyl sites for hydroxylation is 2. The second kappa shape index (κ2) is 4.27. The summed E-state index contributed by atoms with van der Waals surface area (Å²) in [4.78, 5) is 0. The van der Waals surface area contributed by atoms with Crippen molar-refractivity contribution in [3.8, 4) is 0 Å². The quantitative estimate of drug-likeness (QED) is 0.870. The fourth-order valence-electron chi connectivity index (χ4n) is 1.15. The molecule has 0 atom stereocenters. The van der Waals surface area contributed by atoms with E-state index in [2.05, 4.69) is 42.1 Å². The molecule has 0 amide bonds. The smallest absolute Gasteiger partial charge is 0.129 e. The lowest BCUT2D eigenvalue weighted by molar-refractivity contribution is 0.492. The summed E-state index contributed by atoms with van der Waals surface area (Å²) in [6.07, 6.45) is 3.71. The molecular formula is C8H8Br2N4. The van der Waals surface area contributed by atoms with Gasteiger partial charge in [-0.25, -0.2) is 0 Å². The van der Waals surface area contributed by atoms with E-state index < -0.39 is 0 Å². The van der Waals surface area contributed by atoms with Gasteiger partial charge in [0.25, 0.3) is 0 Å². The van der Waals surface area contributed by atoms with Gasteiger partial charge in [0.15, 0.2) is 0 Å². The molecule has 0 aliphatic rings. The van der Waals surface area contributed by atoms with Crippen LogP contribution in [0, 0.1) is 0 Å². The summed E-state index contributed by atoms with van der Waals surface area (Å²) in [6.45, 7) is 1.62. The minimum Gasteiger partial charge on any atom is -0.271 e. The molecule has 0 saturated heterocycles. The van der Waals surface area contributed by atoms with Crippen LogP contribution in [0.2, 0.25) is 0 Å². The maximum Gasteiger partial charge on any atom is 0.129 e. The molecule has 0 bridgehead atoms. The predicted octanol–water partition coefficient (Wildman–Crippen LogP) is 2.30. The minimum absolute atomic E-state index is 0.799. The van der Waals surface area contributed by atoms with E-state index in [0.717, 1.165) is 22.3 Å².